The van der Waals surface area contributed by atoms with Gasteiger partial charge in [0.05, 0.1) is 5.56 Å². The summed E-state index contributed by atoms with van der Waals surface area (Å²) in [7, 11) is 0. The molecular formula is C23H32O3. The molecule has 0 saturated carbocycles. The van der Waals surface area contributed by atoms with E-state index in [0.717, 1.165) is 37.0 Å². The summed E-state index contributed by atoms with van der Waals surface area (Å²) in [5.74, 6) is 1.94. The Kier molecular flexibility index (Phi) is 5.45. The highest BCUT2D eigenvalue weighted by Crippen LogP contribution is 2.51. The first-order chi connectivity index (χ1) is 12.3. The molecule has 0 aromatic heterocycles. The van der Waals surface area contributed by atoms with Gasteiger partial charge in [0.2, 0.25) is 0 Å². The van der Waals surface area contributed by atoms with E-state index in [2.05, 4.69) is 39.8 Å². The molecule has 0 N–H and O–H groups in total. The molecule has 142 valence electrons. The van der Waals surface area contributed by atoms with Crippen molar-refractivity contribution < 1.29 is 14.3 Å². The molecule has 26 heavy (non-hydrogen) atoms. The lowest BCUT2D eigenvalue weighted by Crippen LogP contribution is -2.36. The molecule has 0 amide bonds. The van der Waals surface area contributed by atoms with Crippen LogP contribution in [0.5, 0.6) is 11.5 Å². The van der Waals surface area contributed by atoms with Crippen LogP contribution in [0, 0.1) is 5.92 Å². The number of hydrogen-bond donors (Lipinski definition) is 0. The van der Waals surface area contributed by atoms with Crippen molar-refractivity contribution >= 4 is 11.5 Å². The maximum atomic E-state index is 11.7. The molecule has 2 aliphatic rings. The first-order valence-electron chi connectivity index (χ1n) is 10.1. The Hall–Kier alpha value is -1.77. The minimum Gasteiger partial charge on any atom is -0.483 e. The summed E-state index contributed by atoms with van der Waals surface area (Å²) in [6.07, 6.45) is 7.81. The van der Waals surface area contributed by atoms with Crippen molar-refractivity contribution in [2.24, 2.45) is 5.92 Å². The first kappa shape index (κ1) is 19.0. The van der Waals surface area contributed by atoms with E-state index in [1.165, 1.54) is 42.9 Å². The number of rotatable bonds is 5. The predicted octanol–water partition coefficient (Wildman–Crippen LogP) is 6.09. The van der Waals surface area contributed by atoms with Crippen molar-refractivity contribution in [2.75, 3.05) is 0 Å². The van der Waals surface area contributed by atoms with E-state index in [9.17, 15) is 4.79 Å². The number of allylic oxidation sites excluding steroid dienone is 1. The lowest BCUT2D eigenvalue weighted by molar-refractivity contribution is -0.131. The van der Waals surface area contributed by atoms with Crippen LogP contribution < -0.4 is 9.47 Å². The number of fused-ring (bicyclic) bond motifs is 2. The number of benzene rings is 1. The van der Waals surface area contributed by atoms with Gasteiger partial charge in [0.25, 0.3) is 0 Å². The number of carbonyl (C=O) groups excluding carboxylic acids is 1. The third kappa shape index (κ3) is 3.82. The van der Waals surface area contributed by atoms with Gasteiger partial charge in [0.1, 0.15) is 17.1 Å². The Labute approximate surface area is 157 Å². The van der Waals surface area contributed by atoms with Crippen LogP contribution in [-0.2, 0) is 11.2 Å². The lowest BCUT2D eigenvalue weighted by Gasteiger charge is -2.41. The Morgan fingerprint density at radius 3 is 2.77 bits per heavy atom. The number of esters is 1. The van der Waals surface area contributed by atoms with Crippen LogP contribution in [0.4, 0.5) is 0 Å². The highest BCUT2D eigenvalue weighted by Gasteiger charge is 2.39. The minimum absolute atomic E-state index is 0.270. The molecule has 1 atom stereocenters. The molecular weight excluding hydrogens is 324 g/mol. The topological polar surface area (TPSA) is 35.5 Å². The van der Waals surface area contributed by atoms with Crippen molar-refractivity contribution in [1.82, 2.24) is 0 Å². The number of aryl methyl sites for hydroxylation is 1. The monoisotopic (exact) mass is 356 g/mol. The molecule has 1 aromatic rings. The fourth-order valence-electron chi connectivity index (χ4n) is 4.35. The quantitative estimate of drug-likeness (QED) is 0.364. The van der Waals surface area contributed by atoms with Gasteiger partial charge in [-0.25, -0.2) is 0 Å². The van der Waals surface area contributed by atoms with Gasteiger partial charge in [-0.15, -0.1) is 0 Å². The van der Waals surface area contributed by atoms with E-state index in [4.69, 9.17) is 9.47 Å². The SMILES string of the molecule is CCCCCc1cc(OC(C)=O)c2c(c1)OC(C)(C)C1=C2CC(C)CC1. The van der Waals surface area contributed by atoms with Crippen LogP contribution in [-0.4, -0.2) is 11.6 Å². The molecule has 0 spiro atoms. The third-order valence-corrected chi connectivity index (χ3v) is 5.65. The molecule has 3 nitrogen and oxygen atoms in total. The molecule has 0 bridgehead atoms. The molecule has 0 saturated heterocycles. The van der Waals surface area contributed by atoms with Crippen LogP contribution in [0.3, 0.4) is 0 Å². The third-order valence-electron chi connectivity index (χ3n) is 5.65. The van der Waals surface area contributed by atoms with Crippen molar-refractivity contribution in [3.63, 3.8) is 0 Å². The van der Waals surface area contributed by atoms with Crippen LogP contribution in [0.1, 0.15) is 84.3 Å². The largest absolute Gasteiger partial charge is 0.483 e. The number of carbonyl (C=O) groups is 1. The van der Waals surface area contributed by atoms with E-state index < -0.39 is 0 Å². The van der Waals surface area contributed by atoms with Crippen molar-refractivity contribution in [3.05, 3.63) is 28.8 Å². The van der Waals surface area contributed by atoms with E-state index in [0.29, 0.717) is 11.7 Å². The molecule has 0 radical (unpaired) electrons. The van der Waals surface area contributed by atoms with Gasteiger partial charge < -0.3 is 9.47 Å². The zero-order chi connectivity index (χ0) is 18.9. The van der Waals surface area contributed by atoms with Gasteiger partial charge in [-0.05, 0) is 80.7 Å². The number of hydrogen-bond acceptors (Lipinski definition) is 3. The molecule has 3 heteroatoms. The average molecular weight is 357 g/mol. The maximum Gasteiger partial charge on any atom is 0.308 e. The van der Waals surface area contributed by atoms with Gasteiger partial charge in [0.15, 0.2) is 0 Å². The molecule has 1 aliphatic heterocycles. The molecule has 1 unspecified atom stereocenters. The van der Waals surface area contributed by atoms with E-state index in [1.54, 1.807) is 0 Å². The Morgan fingerprint density at radius 2 is 2.08 bits per heavy atom. The predicted molar refractivity (Wildman–Crippen MR) is 106 cm³/mol. The average Bonchev–Trinajstić information content (AvgIpc) is 2.53. The van der Waals surface area contributed by atoms with Crippen molar-refractivity contribution in [2.45, 2.75) is 85.2 Å². The summed E-state index contributed by atoms with van der Waals surface area (Å²) in [4.78, 5) is 11.7. The lowest BCUT2D eigenvalue weighted by atomic mass is 9.74. The fraction of sp³-hybridized carbons (Fsp3) is 0.609. The summed E-state index contributed by atoms with van der Waals surface area (Å²) in [5, 5.41) is 0. The molecule has 1 heterocycles. The van der Waals surface area contributed by atoms with Crippen LogP contribution in [0.15, 0.2) is 17.7 Å². The highest BCUT2D eigenvalue weighted by molar-refractivity contribution is 5.83. The van der Waals surface area contributed by atoms with Crippen LogP contribution in [0.2, 0.25) is 0 Å². The Bertz CT molecular complexity index is 727. The van der Waals surface area contributed by atoms with Crippen LogP contribution >= 0.6 is 0 Å². The zero-order valence-corrected chi connectivity index (χ0v) is 16.9. The summed E-state index contributed by atoms with van der Waals surface area (Å²) >= 11 is 0. The maximum absolute atomic E-state index is 11.7. The summed E-state index contributed by atoms with van der Waals surface area (Å²) < 4.78 is 12.1. The second kappa shape index (κ2) is 7.46. The summed E-state index contributed by atoms with van der Waals surface area (Å²) in [6.45, 7) is 10.3. The molecule has 3 rings (SSSR count). The Morgan fingerprint density at radius 1 is 1.31 bits per heavy atom. The second-order valence-electron chi connectivity index (χ2n) is 8.44. The first-order valence-corrected chi connectivity index (χ1v) is 10.1. The Balaban J connectivity index is 2.09. The minimum atomic E-state index is -0.294. The van der Waals surface area contributed by atoms with Crippen LogP contribution in [0.25, 0.3) is 5.57 Å². The van der Waals surface area contributed by atoms with Gasteiger partial charge in [-0.2, -0.15) is 0 Å². The summed E-state index contributed by atoms with van der Waals surface area (Å²) in [6, 6.07) is 4.23. The normalized spacial score (nSPS) is 20.9. The highest BCUT2D eigenvalue weighted by atomic mass is 16.5. The fourth-order valence-corrected chi connectivity index (χ4v) is 4.35. The molecule has 0 fully saturated rings. The van der Waals surface area contributed by atoms with E-state index in [1.807, 2.05) is 0 Å². The number of unbranched alkanes of at least 4 members (excludes halogenated alkanes) is 2. The number of ether oxygens (including phenoxy) is 2. The molecule has 1 aromatic carbocycles. The molecule has 1 aliphatic carbocycles. The van der Waals surface area contributed by atoms with E-state index >= 15 is 0 Å². The standard InChI is InChI=1S/C23H32O3/c1-6-7-8-9-17-13-20(25-16(3)24)22-18-12-15(2)10-11-19(18)23(4,5)26-21(22)14-17/h13-15H,6-12H2,1-5H3. The van der Waals surface area contributed by atoms with E-state index in [-0.39, 0.29) is 11.6 Å². The summed E-state index contributed by atoms with van der Waals surface area (Å²) in [5.41, 5.74) is 4.62. The van der Waals surface area contributed by atoms with Gasteiger partial charge in [0, 0.05) is 6.92 Å². The second-order valence-corrected chi connectivity index (χ2v) is 8.44. The smallest absolute Gasteiger partial charge is 0.308 e. The zero-order valence-electron chi connectivity index (χ0n) is 16.9. The van der Waals surface area contributed by atoms with Gasteiger partial charge >= 0.3 is 5.97 Å². The van der Waals surface area contributed by atoms with Crippen molar-refractivity contribution in [1.29, 1.82) is 0 Å². The van der Waals surface area contributed by atoms with Crippen molar-refractivity contribution in [3.8, 4) is 11.5 Å². The van der Waals surface area contributed by atoms with Gasteiger partial charge in [-0.3, -0.25) is 4.79 Å². The van der Waals surface area contributed by atoms with Gasteiger partial charge in [-0.1, -0.05) is 26.7 Å².